The summed E-state index contributed by atoms with van der Waals surface area (Å²) in [6.07, 6.45) is 11.1. The van der Waals surface area contributed by atoms with Gasteiger partial charge in [-0.3, -0.25) is 39.3 Å². The van der Waals surface area contributed by atoms with Gasteiger partial charge < -0.3 is 29.3 Å². The quantitative estimate of drug-likeness (QED) is 0.0436. The van der Waals surface area contributed by atoms with Crippen LogP contribution < -0.4 is 20.9 Å². The normalized spacial score (nSPS) is 22.0. The minimum atomic E-state index is -0.662. The number of carbonyl (C=O) groups excluding carboxylic acids is 5. The summed E-state index contributed by atoms with van der Waals surface area (Å²) in [6, 6.07) is 22.4. The van der Waals surface area contributed by atoms with Gasteiger partial charge in [0.1, 0.15) is 24.2 Å². The van der Waals surface area contributed by atoms with E-state index < -0.39 is 11.9 Å². The molecule has 402 valence electrons. The first kappa shape index (κ1) is 51.5. The lowest BCUT2D eigenvalue weighted by Crippen LogP contribution is -2.52. The van der Waals surface area contributed by atoms with Crippen molar-refractivity contribution in [1.82, 2.24) is 35.3 Å². The number of carbonyl (C=O) groups is 5. The van der Waals surface area contributed by atoms with Crippen molar-refractivity contribution < 1.29 is 38.2 Å². The van der Waals surface area contributed by atoms with Gasteiger partial charge in [-0.2, -0.15) is 5.10 Å². The number of nitrogens with zero attached hydrogens (tertiary/aromatic N) is 6. The summed E-state index contributed by atoms with van der Waals surface area (Å²) in [7, 11) is 0. The highest BCUT2D eigenvalue weighted by molar-refractivity contribution is 7.22. The van der Waals surface area contributed by atoms with Gasteiger partial charge in [-0.05, 0) is 147 Å². The minimum Gasteiger partial charge on any atom is -0.377 e. The first-order chi connectivity index (χ1) is 38.0. The van der Waals surface area contributed by atoms with Crippen LogP contribution in [0.5, 0.6) is 0 Å². The Balaban J connectivity index is 0.646. The molecule has 5 amide bonds. The molecule has 13 rings (SSSR count). The van der Waals surface area contributed by atoms with Crippen molar-refractivity contribution in [3.8, 4) is 23.0 Å². The van der Waals surface area contributed by atoms with Crippen LogP contribution in [0.4, 0.5) is 10.9 Å². The molecular weight excluding hydrogens is 1010 g/mol. The number of thiazole rings is 1. The van der Waals surface area contributed by atoms with Crippen molar-refractivity contribution in [3.05, 3.63) is 124 Å². The van der Waals surface area contributed by atoms with Gasteiger partial charge in [-0.25, -0.2) is 9.97 Å². The fraction of sp³-hybridized carbons (Fsp3) is 0.433. The highest BCUT2D eigenvalue weighted by Gasteiger charge is 2.51. The Kier molecular flexibility index (Phi) is 14.7. The number of piperidine rings is 1. The second-order valence-electron chi connectivity index (χ2n) is 21.9. The van der Waals surface area contributed by atoms with Gasteiger partial charge in [0.05, 0.1) is 49.4 Å². The molecule has 4 aliphatic carbocycles. The molecule has 17 nitrogen and oxygen atoms in total. The SMILES string of the molecule is Cc1c(-c2ccc(N3CCc4cccc(C(=O)Nc5nc6ccccc6s5)c4C3)nc2C(=O)NCCOCCOCCOCC#Cc2ccc3c(c2)CN(C2CCC(=O)NC2=O)C3=O)cnn1CC12CC3CC(CC(C3)C1)C2. The summed E-state index contributed by atoms with van der Waals surface area (Å²) in [5.41, 5.74) is 8.79. The Bertz CT molecular complexity index is 3330. The van der Waals surface area contributed by atoms with Crippen LogP contribution in [0.1, 0.15) is 111 Å². The van der Waals surface area contributed by atoms with Crippen LogP contribution in [0, 0.1) is 41.9 Å². The number of pyridine rings is 1. The van der Waals surface area contributed by atoms with Crippen LogP contribution in [0.15, 0.2) is 79.0 Å². The van der Waals surface area contributed by atoms with E-state index in [2.05, 4.69) is 55.3 Å². The molecule has 5 fully saturated rings. The van der Waals surface area contributed by atoms with Crippen LogP contribution in [-0.4, -0.2) is 113 Å². The average molecular weight is 1070 g/mol. The molecule has 1 atom stereocenters. The van der Waals surface area contributed by atoms with Gasteiger partial charge in [-0.1, -0.05) is 47.4 Å². The van der Waals surface area contributed by atoms with Crippen LogP contribution in [0.2, 0.25) is 0 Å². The van der Waals surface area contributed by atoms with E-state index >= 15 is 0 Å². The molecule has 0 spiro atoms. The molecule has 1 saturated heterocycles. The number of hydrogen-bond acceptors (Lipinski definition) is 13. The van der Waals surface area contributed by atoms with Gasteiger partial charge in [0, 0.05) is 72.7 Å². The summed E-state index contributed by atoms with van der Waals surface area (Å²) in [5, 5.41) is 14.0. The lowest BCUT2D eigenvalue weighted by molar-refractivity contribution is -0.136. The number of amides is 5. The van der Waals surface area contributed by atoms with E-state index in [1.54, 1.807) is 12.1 Å². The maximum Gasteiger partial charge on any atom is 0.270 e. The Labute approximate surface area is 456 Å². The molecule has 4 saturated carbocycles. The number of fused-ring (bicyclic) bond motifs is 3. The summed E-state index contributed by atoms with van der Waals surface area (Å²) in [6.45, 7) is 6.51. The van der Waals surface area contributed by atoms with Gasteiger partial charge in [0.15, 0.2) is 5.13 Å². The van der Waals surface area contributed by atoms with Crippen LogP contribution in [0.25, 0.3) is 21.3 Å². The Morgan fingerprint density at radius 2 is 1.58 bits per heavy atom. The third-order valence-corrected chi connectivity index (χ3v) is 17.7. The number of nitrogens with one attached hydrogen (secondary N) is 3. The smallest absolute Gasteiger partial charge is 0.270 e. The van der Waals surface area contributed by atoms with Crippen molar-refractivity contribution in [2.45, 2.75) is 90.4 Å². The number of hydrogen-bond donors (Lipinski definition) is 3. The van der Waals surface area contributed by atoms with Crippen molar-refractivity contribution in [1.29, 1.82) is 0 Å². The van der Waals surface area contributed by atoms with E-state index in [-0.39, 0.29) is 49.8 Å². The zero-order chi connectivity index (χ0) is 53.3. The Hall–Kier alpha value is -7.30. The van der Waals surface area contributed by atoms with E-state index in [9.17, 15) is 24.0 Å². The number of benzene rings is 3. The number of imide groups is 1. The number of ether oxygens (including phenoxy) is 3. The largest absolute Gasteiger partial charge is 0.377 e. The van der Waals surface area contributed by atoms with E-state index in [1.807, 2.05) is 60.8 Å². The van der Waals surface area contributed by atoms with Gasteiger partial charge in [0.2, 0.25) is 11.8 Å². The highest BCUT2D eigenvalue weighted by atomic mass is 32.1. The van der Waals surface area contributed by atoms with Crippen molar-refractivity contribution >= 4 is 62.0 Å². The molecule has 6 heterocycles. The molecule has 3 N–H and O–H groups in total. The van der Waals surface area contributed by atoms with Crippen LogP contribution in [-0.2, 0) is 49.9 Å². The first-order valence-corrected chi connectivity index (χ1v) is 28.2. The predicted octanol–water partition coefficient (Wildman–Crippen LogP) is 7.49. The van der Waals surface area contributed by atoms with Crippen LogP contribution in [0.3, 0.4) is 0 Å². The molecule has 3 aromatic heterocycles. The maximum absolute atomic E-state index is 14.4. The lowest BCUT2D eigenvalue weighted by Gasteiger charge is -2.56. The molecule has 4 bridgehead atoms. The molecular formula is C60H63N9O8S. The molecule has 78 heavy (non-hydrogen) atoms. The van der Waals surface area contributed by atoms with Gasteiger partial charge in [-0.15, -0.1) is 0 Å². The van der Waals surface area contributed by atoms with Gasteiger partial charge in [0.25, 0.3) is 17.7 Å². The van der Waals surface area contributed by atoms with Crippen molar-refractivity contribution in [2.24, 2.45) is 23.2 Å². The molecule has 6 aromatic rings. The molecule has 18 heteroatoms. The summed E-state index contributed by atoms with van der Waals surface area (Å²) in [4.78, 5) is 78.7. The number of para-hydroxylation sites is 1. The average Bonchev–Trinajstić information content (AvgIpc) is 4.25. The number of aromatic nitrogens is 4. The summed E-state index contributed by atoms with van der Waals surface area (Å²) < 4.78 is 20.4. The van der Waals surface area contributed by atoms with E-state index in [1.165, 1.54) is 54.8 Å². The first-order valence-electron chi connectivity index (χ1n) is 27.4. The summed E-state index contributed by atoms with van der Waals surface area (Å²) >= 11 is 1.45. The standard InChI is InChI=1S/C60H63N9O8S/c1-37-47(33-62-69(37)36-60-30-39-26-40(31-60)28-41(27-39)32-60)45-13-15-52(67-19-17-42-7-4-8-46(48(42)35-67)55(71)66-59-63-49-9-2-3-10-51(49)78-59)64-54(45)57(73)61-18-21-76-23-25-77-24-22-75-20-5-6-38-11-12-44-43(29-38)34-68(58(44)74)50-14-16-53(70)65-56(50)72/h2-4,7-13,15,29,33,39-41,50H,14,16-28,30-32,34-36H2,1H3,(H,61,73)(H,63,66,71)(H,65,70,72). The second-order valence-corrected chi connectivity index (χ2v) is 23.0. The fourth-order valence-corrected chi connectivity index (χ4v) is 14.3. The predicted molar refractivity (Wildman–Crippen MR) is 294 cm³/mol. The Morgan fingerprint density at radius 1 is 0.808 bits per heavy atom. The number of anilines is 2. The maximum atomic E-state index is 14.4. The molecule has 1 unspecified atom stereocenters. The molecule has 3 aromatic carbocycles. The molecule has 7 aliphatic rings. The van der Waals surface area contributed by atoms with Crippen LogP contribution >= 0.6 is 11.3 Å². The van der Waals surface area contributed by atoms with E-state index in [4.69, 9.17) is 24.3 Å². The summed E-state index contributed by atoms with van der Waals surface area (Å²) in [5.74, 6) is 7.75. The Morgan fingerprint density at radius 3 is 2.37 bits per heavy atom. The number of rotatable bonds is 18. The fourth-order valence-electron chi connectivity index (χ4n) is 13.4. The molecule has 0 radical (unpaired) electrons. The van der Waals surface area contributed by atoms with E-state index in [0.717, 1.165) is 73.6 Å². The highest BCUT2D eigenvalue weighted by Crippen LogP contribution is 2.60. The van der Waals surface area contributed by atoms with Crippen molar-refractivity contribution in [2.75, 3.05) is 62.9 Å². The zero-order valence-corrected chi connectivity index (χ0v) is 44.6. The zero-order valence-electron chi connectivity index (χ0n) is 43.8. The second kappa shape index (κ2) is 22.2. The lowest BCUT2D eigenvalue weighted by atomic mass is 9.49. The van der Waals surface area contributed by atoms with E-state index in [0.29, 0.717) is 92.1 Å². The monoisotopic (exact) mass is 1070 g/mol. The minimum absolute atomic E-state index is 0.194. The van der Waals surface area contributed by atoms with Crippen molar-refractivity contribution in [3.63, 3.8) is 0 Å². The topological polar surface area (TPSA) is 199 Å². The molecule has 3 aliphatic heterocycles. The van der Waals surface area contributed by atoms with Gasteiger partial charge >= 0.3 is 0 Å². The third-order valence-electron chi connectivity index (χ3n) is 16.7. The third kappa shape index (κ3) is 10.8.